The molecule has 2 saturated heterocycles. The quantitative estimate of drug-likeness (QED) is 0.421. The molecular weight excluding hydrogens is 519 g/mol. The van der Waals surface area contributed by atoms with Gasteiger partial charge in [0.25, 0.3) is 0 Å². The number of aliphatic hydroxyl groups is 2. The third kappa shape index (κ3) is 4.00. The van der Waals surface area contributed by atoms with Gasteiger partial charge >= 0.3 is 7.82 Å². The van der Waals surface area contributed by atoms with Gasteiger partial charge in [0.15, 0.2) is 6.23 Å². The minimum absolute atomic E-state index is 0.115. The van der Waals surface area contributed by atoms with E-state index in [4.69, 9.17) is 24.0 Å². The van der Waals surface area contributed by atoms with Crippen LogP contribution in [0.1, 0.15) is 31.2 Å². The van der Waals surface area contributed by atoms with Crippen LogP contribution in [0.5, 0.6) is 0 Å². The molecular formula is C20H22BrN4O7P. The molecule has 3 aromatic rings. The third-order valence-electron chi connectivity index (χ3n) is 5.78. The third-order valence-corrected chi connectivity index (χ3v) is 7.98. The maximum absolute atomic E-state index is 13.3. The van der Waals surface area contributed by atoms with Crippen molar-refractivity contribution < 1.29 is 33.1 Å². The average Bonchev–Trinajstić information content (AvgIpc) is 3.29. The summed E-state index contributed by atoms with van der Waals surface area (Å²) >= 11 is 3.47. The van der Waals surface area contributed by atoms with Crippen molar-refractivity contribution in [2.24, 2.45) is 0 Å². The Hall–Kier alpha value is -1.89. The molecule has 2 aromatic heterocycles. The molecule has 2 aliphatic heterocycles. The van der Waals surface area contributed by atoms with Crippen LogP contribution in [0.15, 0.2) is 47.3 Å². The zero-order valence-electron chi connectivity index (χ0n) is 17.4. The number of halogens is 1. The minimum Gasteiger partial charge on any atom is -0.385 e. The van der Waals surface area contributed by atoms with Crippen molar-refractivity contribution in [1.29, 1.82) is 0 Å². The Balaban J connectivity index is 1.39. The van der Waals surface area contributed by atoms with E-state index in [1.54, 1.807) is 12.3 Å². The summed E-state index contributed by atoms with van der Waals surface area (Å²) in [5.41, 5.74) is 5.25. The first-order valence-electron chi connectivity index (χ1n) is 10.2. The highest BCUT2D eigenvalue weighted by atomic mass is 79.9. The second-order valence-electron chi connectivity index (χ2n) is 8.04. The van der Waals surface area contributed by atoms with E-state index in [2.05, 4.69) is 25.9 Å². The molecule has 2 unspecified atom stereocenters. The summed E-state index contributed by atoms with van der Waals surface area (Å²) < 4.78 is 38.0. The van der Waals surface area contributed by atoms with Crippen LogP contribution in [-0.2, 0) is 22.9 Å². The number of anilines is 1. The van der Waals surface area contributed by atoms with E-state index in [1.807, 2.05) is 24.3 Å². The van der Waals surface area contributed by atoms with E-state index in [0.717, 1.165) is 10.0 Å². The zero-order chi connectivity index (χ0) is 23.4. The van der Waals surface area contributed by atoms with Crippen molar-refractivity contribution in [2.45, 2.75) is 43.7 Å². The van der Waals surface area contributed by atoms with Gasteiger partial charge in [0.1, 0.15) is 29.5 Å². The van der Waals surface area contributed by atoms with Gasteiger partial charge in [0.05, 0.1) is 18.1 Å². The molecule has 0 saturated carbocycles. The maximum atomic E-state index is 13.3. The molecule has 13 heteroatoms. The summed E-state index contributed by atoms with van der Waals surface area (Å²) in [7, 11) is -4.13. The van der Waals surface area contributed by atoms with Crippen LogP contribution >= 0.6 is 23.8 Å². The van der Waals surface area contributed by atoms with E-state index in [1.165, 1.54) is 17.8 Å². The maximum Gasteiger partial charge on any atom is 0.477 e. The van der Waals surface area contributed by atoms with Gasteiger partial charge in [-0.25, -0.2) is 14.5 Å². The Morgan fingerprint density at radius 1 is 1.33 bits per heavy atom. The lowest BCUT2D eigenvalue weighted by molar-refractivity contribution is -0.145. The summed E-state index contributed by atoms with van der Waals surface area (Å²) in [5, 5.41) is 22.4. The number of fused-ring (bicyclic) bond motifs is 1. The summed E-state index contributed by atoms with van der Waals surface area (Å²) in [6.07, 6.45) is -1.40. The predicted molar refractivity (Wildman–Crippen MR) is 120 cm³/mol. The number of hydrogen-bond donors (Lipinski definition) is 3. The van der Waals surface area contributed by atoms with Gasteiger partial charge in [0, 0.05) is 17.1 Å². The predicted octanol–water partition coefficient (Wildman–Crippen LogP) is 3.05. The number of nitrogen functional groups attached to an aromatic ring is 1. The number of ether oxygens (including phenoxy) is 1. The standard InChI is InChI=1S/C20H22BrN4O7P/c1-20(27)15(26)18(30-19(20)25-8-6-12-16(22)23-10-24-17(12)25)32-33(28)29-9-7-14(31-33)11-4-2-3-5-13(11)21/h2-6,8,10,14-15,18-19,26-27H,7,9H2,1H3,(H2,22,23,24)/t14-,15+,18?,19+,20+,33?/m0/s1. The Kier molecular flexibility index (Phi) is 5.82. The van der Waals surface area contributed by atoms with Crippen LogP contribution in [0.4, 0.5) is 5.82 Å². The Morgan fingerprint density at radius 3 is 2.91 bits per heavy atom. The summed E-state index contributed by atoms with van der Waals surface area (Å²) in [5.74, 6) is 0.260. The molecule has 6 atom stereocenters. The van der Waals surface area contributed by atoms with Crippen molar-refractivity contribution in [1.82, 2.24) is 14.5 Å². The Morgan fingerprint density at radius 2 is 2.12 bits per heavy atom. The second kappa shape index (κ2) is 8.40. The number of nitrogens with zero attached hydrogens (tertiary/aromatic N) is 3. The fourth-order valence-corrected chi connectivity index (χ4v) is 6.00. The van der Waals surface area contributed by atoms with Crippen LogP contribution in [-0.4, -0.2) is 49.4 Å². The second-order valence-corrected chi connectivity index (χ2v) is 10.5. The normalized spacial score (nSPS) is 34.7. The number of rotatable bonds is 4. The molecule has 2 fully saturated rings. The first-order valence-corrected chi connectivity index (χ1v) is 12.4. The zero-order valence-corrected chi connectivity index (χ0v) is 19.9. The van der Waals surface area contributed by atoms with Gasteiger partial charge in [0.2, 0.25) is 6.29 Å². The highest BCUT2D eigenvalue weighted by Gasteiger charge is 2.56. The minimum atomic E-state index is -4.13. The molecule has 0 spiro atoms. The molecule has 1 aromatic carbocycles. The highest BCUT2D eigenvalue weighted by Crippen LogP contribution is 2.60. The summed E-state index contributed by atoms with van der Waals surface area (Å²) in [4.78, 5) is 8.13. The van der Waals surface area contributed by atoms with E-state index in [-0.39, 0.29) is 12.4 Å². The van der Waals surface area contributed by atoms with Crippen molar-refractivity contribution in [3.63, 3.8) is 0 Å². The lowest BCUT2D eigenvalue weighted by atomic mass is 9.99. The molecule has 2 aliphatic rings. The van der Waals surface area contributed by atoms with Gasteiger partial charge in [-0.3, -0.25) is 13.6 Å². The lowest BCUT2D eigenvalue weighted by Gasteiger charge is -2.31. The molecule has 4 heterocycles. The van der Waals surface area contributed by atoms with Crippen LogP contribution in [0, 0.1) is 0 Å². The molecule has 0 aliphatic carbocycles. The average molecular weight is 541 g/mol. The van der Waals surface area contributed by atoms with Crippen LogP contribution in [0.3, 0.4) is 0 Å². The highest BCUT2D eigenvalue weighted by molar-refractivity contribution is 9.10. The molecule has 33 heavy (non-hydrogen) atoms. The first-order chi connectivity index (χ1) is 15.7. The number of nitrogens with two attached hydrogens (primary N) is 1. The van der Waals surface area contributed by atoms with E-state index < -0.39 is 38.1 Å². The molecule has 0 radical (unpaired) electrons. The number of hydrogen-bond acceptors (Lipinski definition) is 10. The van der Waals surface area contributed by atoms with Gasteiger partial charge in [-0.2, -0.15) is 0 Å². The van der Waals surface area contributed by atoms with Gasteiger partial charge in [-0.05, 0) is 24.6 Å². The molecule has 5 rings (SSSR count). The molecule has 176 valence electrons. The summed E-state index contributed by atoms with van der Waals surface area (Å²) in [6, 6.07) is 9.06. The van der Waals surface area contributed by atoms with Gasteiger partial charge < -0.3 is 25.3 Å². The smallest absolute Gasteiger partial charge is 0.385 e. The monoisotopic (exact) mass is 540 g/mol. The fourth-order valence-electron chi connectivity index (χ4n) is 4.01. The van der Waals surface area contributed by atoms with Crippen molar-refractivity contribution >= 4 is 40.6 Å². The van der Waals surface area contributed by atoms with Gasteiger partial charge in [-0.15, -0.1) is 0 Å². The van der Waals surface area contributed by atoms with Crippen LogP contribution in [0.2, 0.25) is 0 Å². The Labute approximate surface area is 197 Å². The number of aliphatic hydroxyl groups excluding tert-OH is 1. The number of benzene rings is 1. The molecule has 11 nitrogen and oxygen atoms in total. The van der Waals surface area contributed by atoms with Gasteiger partial charge in [-0.1, -0.05) is 34.1 Å². The van der Waals surface area contributed by atoms with E-state index in [0.29, 0.717) is 17.5 Å². The van der Waals surface area contributed by atoms with E-state index in [9.17, 15) is 14.8 Å². The lowest BCUT2D eigenvalue weighted by Crippen LogP contribution is -2.44. The van der Waals surface area contributed by atoms with E-state index >= 15 is 0 Å². The van der Waals surface area contributed by atoms with Crippen molar-refractivity contribution in [2.75, 3.05) is 12.3 Å². The first kappa shape index (κ1) is 22.9. The molecule has 0 bridgehead atoms. The largest absolute Gasteiger partial charge is 0.477 e. The SMILES string of the molecule is C[C@@]1(O)[C@H](O)C(OP2(=O)OCC[C@@H](c3ccccc3Br)O2)O[C@H]1n1ccc2c(N)ncnc21. The number of aromatic nitrogens is 3. The summed E-state index contributed by atoms with van der Waals surface area (Å²) in [6.45, 7) is 1.49. The number of phosphoric acid groups is 1. The topological polar surface area (TPSA) is 151 Å². The number of phosphoric ester groups is 1. The Bertz CT molecular complexity index is 1240. The van der Waals surface area contributed by atoms with Crippen LogP contribution < -0.4 is 5.73 Å². The molecule has 0 amide bonds. The van der Waals surface area contributed by atoms with Crippen molar-refractivity contribution in [3.8, 4) is 0 Å². The molecule has 4 N–H and O–H groups in total. The van der Waals surface area contributed by atoms with Crippen LogP contribution in [0.25, 0.3) is 11.0 Å². The van der Waals surface area contributed by atoms with Crippen molar-refractivity contribution in [3.05, 3.63) is 52.9 Å². The fraction of sp³-hybridized carbons (Fsp3) is 0.400.